The molecular formula is C23H22BrN5O3S. The summed E-state index contributed by atoms with van der Waals surface area (Å²) in [4.78, 5) is 23.7. The third-order valence-electron chi connectivity index (χ3n) is 5.40. The zero-order valence-electron chi connectivity index (χ0n) is 17.7. The highest BCUT2D eigenvalue weighted by atomic mass is 79.9. The molecule has 2 fully saturated rings. The van der Waals surface area contributed by atoms with Crippen molar-refractivity contribution in [1.82, 2.24) is 20.2 Å². The van der Waals surface area contributed by atoms with Gasteiger partial charge < -0.3 is 19.7 Å². The second kappa shape index (κ2) is 10.1. The molecule has 5 rings (SSSR count). The van der Waals surface area contributed by atoms with Gasteiger partial charge in [-0.1, -0.05) is 33.8 Å². The van der Waals surface area contributed by atoms with Crippen molar-refractivity contribution in [3.8, 4) is 11.8 Å². The fourth-order valence-corrected chi connectivity index (χ4v) is 5.05. The van der Waals surface area contributed by atoms with Gasteiger partial charge in [-0.05, 0) is 24.3 Å². The van der Waals surface area contributed by atoms with Crippen molar-refractivity contribution in [2.75, 3.05) is 38.2 Å². The van der Waals surface area contributed by atoms with Gasteiger partial charge in [-0.25, -0.2) is 14.8 Å². The van der Waals surface area contributed by atoms with Crippen LogP contribution in [0.1, 0.15) is 11.3 Å². The third kappa shape index (κ3) is 5.45. The Bertz CT molecular complexity index is 1220. The third-order valence-corrected chi connectivity index (χ3v) is 6.94. The molecule has 1 amide bonds. The number of halogens is 1. The molecule has 1 aromatic carbocycles. The van der Waals surface area contributed by atoms with E-state index in [2.05, 4.69) is 48.4 Å². The lowest BCUT2D eigenvalue weighted by Gasteiger charge is -2.27. The summed E-state index contributed by atoms with van der Waals surface area (Å²) in [6, 6.07) is 9.88. The Morgan fingerprint density at radius 3 is 3.03 bits per heavy atom. The van der Waals surface area contributed by atoms with Gasteiger partial charge in [-0.2, -0.15) is 0 Å². The number of carbonyl (C=O) groups is 1. The normalized spacial score (nSPS) is 20.3. The molecule has 170 valence electrons. The Hall–Kier alpha value is -2.71. The van der Waals surface area contributed by atoms with Gasteiger partial charge in [0.25, 0.3) is 0 Å². The molecule has 10 heteroatoms. The maximum absolute atomic E-state index is 12.3. The number of fused-ring (bicyclic) bond motifs is 1. The number of amides is 1. The number of benzene rings is 1. The van der Waals surface area contributed by atoms with Gasteiger partial charge >= 0.3 is 6.09 Å². The van der Waals surface area contributed by atoms with E-state index in [1.165, 1.54) is 0 Å². The average molecular weight is 528 g/mol. The zero-order valence-corrected chi connectivity index (χ0v) is 20.1. The van der Waals surface area contributed by atoms with E-state index in [-0.39, 0.29) is 18.2 Å². The van der Waals surface area contributed by atoms with Crippen LogP contribution >= 0.6 is 27.3 Å². The van der Waals surface area contributed by atoms with Gasteiger partial charge in [-0.3, -0.25) is 5.32 Å². The van der Waals surface area contributed by atoms with Crippen LogP contribution in [-0.2, 0) is 9.47 Å². The van der Waals surface area contributed by atoms with E-state index in [1.807, 2.05) is 30.3 Å². The minimum Gasteiger partial charge on any atom is -0.445 e. The van der Waals surface area contributed by atoms with Crippen molar-refractivity contribution in [1.29, 1.82) is 0 Å². The number of morpholine rings is 1. The highest BCUT2D eigenvalue weighted by Gasteiger charge is 2.28. The molecule has 8 nitrogen and oxygen atoms in total. The Morgan fingerprint density at radius 2 is 2.18 bits per heavy atom. The van der Waals surface area contributed by atoms with Crippen LogP contribution in [0.3, 0.4) is 0 Å². The second-order valence-corrected chi connectivity index (χ2v) is 9.72. The Morgan fingerprint density at radius 1 is 1.30 bits per heavy atom. The van der Waals surface area contributed by atoms with Crippen molar-refractivity contribution in [2.24, 2.45) is 0 Å². The summed E-state index contributed by atoms with van der Waals surface area (Å²) in [5.74, 6) is 7.27. The topological polar surface area (TPSA) is 88.6 Å². The number of thiophene rings is 1. The fourth-order valence-electron chi connectivity index (χ4n) is 3.73. The van der Waals surface area contributed by atoms with E-state index in [4.69, 9.17) is 9.47 Å². The molecule has 2 atom stereocenters. The number of anilines is 2. The molecule has 2 aromatic heterocycles. The summed E-state index contributed by atoms with van der Waals surface area (Å²) in [7, 11) is 0. The quantitative estimate of drug-likeness (QED) is 0.501. The largest absolute Gasteiger partial charge is 0.445 e. The highest BCUT2D eigenvalue weighted by molar-refractivity contribution is 9.10. The van der Waals surface area contributed by atoms with Crippen LogP contribution in [-0.4, -0.2) is 66.0 Å². The first-order chi connectivity index (χ1) is 16.1. The Balaban J connectivity index is 1.23. The molecule has 0 spiro atoms. The van der Waals surface area contributed by atoms with Crippen LogP contribution in [0.4, 0.5) is 16.3 Å². The molecule has 4 heterocycles. The summed E-state index contributed by atoms with van der Waals surface area (Å²) in [6.07, 6.45) is 1.78. The number of hydrogen-bond donors (Lipinski definition) is 2. The molecule has 0 aliphatic carbocycles. The van der Waals surface area contributed by atoms with E-state index < -0.39 is 0 Å². The summed E-state index contributed by atoms with van der Waals surface area (Å²) in [6.45, 7) is 2.89. The zero-order chi connectivity index (χ0) is 22.6. The maximum Gasteiger partial charge on any atom is 0.410 e. The van der Waals surface area contributed by atoms with Crippen molar-refractivity contribution < 1.29 is 14.3 Å². The molecule has 2 saturated heterocycles. The van der Waals surface area contributed by atoms with E-state index >= 15 is 0 Å². The average Bonchev–Trinajstić information content (AvgIpc) is 3.45. The first-order valence-electron chi connectivity index (χ1n) is 10.7. The van der Waals surface area contributed by atoms with Crippen LogP contribution in [0.5, 0.6) is 0 Å². The molecule has 2 aliphatic rings. The van der Waals surface area contributed by atoms with E-state index in [9.17, 15) is 4.79 Å². The van der Waals surface area contributed by atoms with Crippen LogP contribution in [0.25, 0.3) is 10.2 Å². The molecule has 0 unspecified atom stereocenters. The number of rotatable bonds is 3. The first kappa shape index (κ1) is 22.1. The molecule has 0 bridgehead atoms. The fraction of sp³-hybridized carbons (Fsp3) is 0.348. The predicted octanol–water partition coefficient (Wildman–Crippen LogP) is 3.75. The molecule has 2 aliphatic heterocycles. The smallest absolute Gasteiger partial charge is 0.410 e. The van der Waals surface area contributed by atoms with E-state index in [0.717, 1.165) is 31.1 Å². The number of hydrogen-bond acceptors (Lipinski definition) is 8. The van der Waals surface area contributed by atoms with Gasteiger partial charge in [0, 0.05) is 36.2 Å². The van der Waals surface area contributed by atoms with Crippen LogP contribution in [0.2, 0.25) is 0 Å². The van der Waals surface area contributed by atoms with Gasteiger partial charge in [0.2, 0.25) is 0 Å². The van der Waals surface area contributed by atoms with Crippen molar-refractivity contribution in [2.45, 2.75) is 18.6 Å². The van der Waals surface area contributed by atoms with E-state index in [1.54, 1.807) is 22.6 Å². The maximum atomic E-state index is 12.3. The predicted molar refractivity (Wildman–Crippen MR) is 131 cm³/mol. The number of aromatic nitrogens is 2. The standard InChI is InChI=1S/C23H22BrN5O3S/c24-15-2-1-3-17(10-15)28-22-21-20(26-14-27-22)12-19(33-21)5-4-16-11-18(13-25-16)32-23(30)29-6-8-31-9-7-29/h1-3,10,12,14,16,18,25H,6-9,11,13H2,(H,26,27,28)/t16-,18-/m1/s1. The molecular weight excluding hydrogens is 506 g/mol. The molecule has 0 saturated carbocycles. The van der Waals surface area contributed by atoms with Crippen molar-refractivity contribution >= 4 is 55.1 Å². The lowest BCUT2D eigenvalue weighted by molar-refractivity contribution is 0.0156. The lowest BCUT2D eigenvalue weighted by Crippen LogP contribution is -2.42. The molecule has 33 heavy (non-hydrogen) atoms. The molecule has 3 aromatic rings. The Labute approximate surface area is 203 Å². The van der Waals surface area contributed by atoms with Gasteiger partial charge in [0.1, 0.15) is 12.4 Å². The van der Waals surface area contributed by atoms with Crippen LogP contribution in [0.15, 0.2) is 41.1 Å². The number of carbonyl (C=O) groups excluding carboxylic acids is 1. The SMILES string of the molecule is O=C(O[C@H]1CN[C@H](C#Cc2cc3ncnc(Nc4cccc(Br)c4)c3s2)C1)N1CCOCC1. The number of nitrogens with zero attached hydrogens (tertiary/aromatic N) is 3. The minimum absolute atomic E-state index is 0.0250. The molecule has 2 N–H and O–H groups in total. The summed E-state index contributed by atoms with van der Waals surface area (Å²) >= 11 is 5.05. The minimum atomic E-state index is -0.271. The van der Waals surface area contributed by atoms with Gasteiger partial charge in [0.15, 0.2) is 5.82 Å². The van der Waals surface area contributed by atoms with Crippen molar-refractivity contribution in [3.63, 3.8) is 0 Å². The lowest BCUT2D eigenvalue weighted by atomic mass is 10.2. The summed E-state index contributed by atoms with van der Waals surface area (Å²) in [5.41, 5.74) is 1.80. The van der Waals surface area contributed by atoms with Gasteiger partial charge in [0.05, 0.1) is 34.3 Å². The first-order valence-corrected chi connectivity index (χ1v) is 12.3. The highest BCUT2D eigenvalue weighted by Crippen LogP contribution is 2.31. The van der Waals surface area contributed by atoms with Crippen LogP contribution in [0, 0.1) is 11.8 Å². The Kier molecular flexibility index (Phi) is 6.73. The van der Waals surface area contributed by atoms with Crippen LogP contribution < -0.4 is 10.6 Å². The number of ether oxygens (including phenoxy) is 2. The summed E-state index contributed by atoms with van der Waals surface area (Å²) < 4.78 is 12.9. The summed E-state index contributed by atoms with van der Waals surface area (Å²) in [5, 5.41) is 6.69. The van der Waals surface area contributed by atoms with Crippen molar-refractivity contribution in [3.05, 3.63) is 46.0 Å². The number of nitrogens with one attached hydrogen (secondary N) is 2. The second-order valence-electron chi connectivity index (χ2n) is 7.75. The van der Waals surface area contributed by atoms with Gasteiger partial charge in [-0.15, -0.1) is 11.3 Å². The monoisotopic (exact) mass is 527 g/mol. The molecule has 0 radical (unpaired) electrons. The van der Waals surface area contributed by atoms with E-state index in [0.29, 0.717) is 39.3 Å².